The zero-order chi connectivity index (χ0) is 16.7. The van der Waals surface area contributed by atoms with E-state index in [2.05, 4.69) is 10.6 Å². The summed E-state index contributed by atoms with van der Waals surface area (Å²) in [5, 5.41) is 5.21. The summed E-state index contributed by atoms with van der Waals surface area (Å²) in [6, 6.07) is 4.46. The topological polar surface area (TPSA) is 103 Å². The number of carbonyl (C=O) groups excluding carboxylic acids is 1. The molecular formula is C14H20N2O6S. The van der Waals surface area contributed by atoms with Gasteiger partial charge in [0.05, 0.1) is 18.0 Å². The maximum absolute atomic E-state index is 12.2. The Morgan fingerprint density at radius 3 is 2.74 bits per heavy atom. The predicted octanol–water partition coefficient (Wildman–Crippen LogP) is -0.459. The van der Waals surface area contributed by atoms with Gasteiger partial charge in [-0.3, -0.25) is 10.1 Å². The molecule has 23 heavy (non-hydrogen) atoms. The van der Waals surface area contributed by atoms with Gasteiger partial charge in [0.2, 0.25) is 5.91 Å². The highest BCUT2D eigenvalue weighted by molar-refractivity contribution is 7.91. The lowest BCUT2D eigenvalue weighted by atomic mass is 10.3. The van der Waals surface area contributed by atoms with Crippen molar-refractivity contribution in [1.29, 1.82) is 0 Å². The Balaban J connectivity index is 1.88. The van der Waals surface area contributed by atoms with E-state index in [-0.39, 0.29) is 23.2 Å². The Morgan fingerprint density at radius 1 is 1.26 bits per heavy atom. The summed E-state index contributed by atoms with van der Waals surface area (Å²) in [4.78, 5) is 11.6. The summed E-state index contributed by atoms with van der Waals surface area (Å²) in [7, 11) is -2.03. The van der Waals surface area contributed by atoms with Gasteiger partial charge in [-0.25, -0.2) is 8.42 Å². The van der Waals surface area contributed by atoms with Gasteiger partial charge >= 0.3 is 0 Å². The van der Waals surface area contributed by atoms with Crippen LogP contribution in [-0.2, 0) is 19.4 Å². The molecule has 0 atom stereocenters. The van der Waals surface area contributed by atoms with Gasteiger partial charge in [0.15, 0.2) is 21.3 Å². The Bertz CT molecular complexity index is 647. The van der Waals surface area contributed by atoms with E-state index in [1.54, 1.807) is 6.07 Å². The van der Waals surface area contributed by atoms with E-state index in [0.717, 1.165) is 0 Å². The van der Waals surface area contributed by atoms with Crippen LogP contribution in [0.5, 0.6) is 11.5 Å². The monoisotopic (exact) mass is 344 g/mol. The van der Waals surface area contributed by atoms with E-state index >= 15 is 0 Å². The number of nitrogens with one attached hydrogen (secondary N) is 2. The minimum Gasteiger partial charge on any atom is -0.486 e. The molecule has 0 bridgehead atoms. The number of carbonyl (C=O) groups is 1. The average molecular weight is 344 g/mol. The van der Waals surface area contributed by atoms with Crippen LogP contribution >= 0.6 is 0 Å². The fourth-order valence-corrected chi connectivity index (χ4v) is 3.05. The molecule has 1 aromatic carbocycles. The molecule has 0 saturated carbocycles. The van der Waals surface area contributed by atoms with Crippen molar-refractivity contribution in [1.82, 2.24) is 10.6 Å². The molecular weight excluding hydrogens is 324 g/mol. The lowest BCUT2D eigenvalue weighted by Crippen LogP contribution is -2.37. The van der Waals surface area contributed by atoms with E-state index < -0.39 is 9.84 Å². The fraction of sp³-hybridized carbons (Fsp3) is 0.500. The molecule has 9 heteroatoms. The van der Waals surface area contributed by atoms with Gasteiger partial charge in [-0.1, -0.05) is 0 Å². The summed E-state index contributed by atoms with van der Waals surface area (Å²) in [5.41, 5.74) is 0. The van der Waals surface area contributed by atoms with E-state index in [9.17, 15) is 13.2 Å². The standard InChI is InChI=1S/C14H20N2O6S/c1-20-5-4-16-14(17)9-15-10-23(18,19)11-2-3-12-13(8-11)22-7-6-21-12/h2-3,8,15H,4-7,9-10H2,1H3,(H,16,17). The Hall–Kier alpha value is -1.84. The lowest BCUT2D eigenvalue weighted by molar-refractivity contribution is -0.120. The minimum absolute atomic E-state index is 0.0898. The molecule has 0 saturated heterocycles. The van der Waals surface area contributed by atoms with Crippen LogP contribution in [-0.4, -0.2) is 60.2 Å². The third-order valence-corrected chi connectivity index (χ3v) is 4.64. The van der Waals surface area contributed by atoms with Gasteiger partial charge in [-0.05, 0) is 12.1 Å². The lowest BCUT2D eigenvalue weighted by Gasteiger charge is -2.18. The second-order valence-electron chi connectivity index (χ2n) is 4.83. The summed E-state index contributed by atoms with van der Waals surface area (Å²) in [5.74, 6) is 0.305. The first-order chi connectivity index (χ1) is 11.0. The van der Waals surface area contributed by atoms with Crippen molar-refractivity contribution in [2.75, 3.05) is 45.9 Å². The van der Waals surface area contributed by atoms with Crippen LogP contribution in [0.25, 0.3) is 0 Å². The molecule has 0 radical (unpaired) electrons. The average Bonchev–Trinajstić information content (AvgIpc) is 2.54. The van der Waals surface area contributed by atoms with Crippen molar-refractivity contribution in [3.8, 4) is 11.5 Å². The summed E-state index contributed by atoms with van der Waals surface area (Å²) >= 11 is 0. The van der Waals surface area contributed by atoms with Crippen molar-refractivity contribution in [2.24, 2.45) is 0 Å². The molecule has 1 amide bonds. The molecule has 2 N–H and O–H groups in total. The van der Waals surface area contributed by atoms with E-state index in [1.807, 2.05) is 0 Å². The molecule has 0 unspecified atom stereocenters. The van der Waals surface area contributed by atoms with Crippen molar-refractivity contribution in [3.63, 3.8) is 0 Å². The van der Waals surface area contributed by atoms with Gasteiger partial charge in [0, 0.05) is 19.7 Å². The summed E-state index contributed by atoms with van der Waals surface area (Å²) < 4.78 is 40.0. The van der Waals surface area contributed by atoms with Gasteiger partial charge in [-0.2, -0.15) is 0 Å². The van der Waals surface area contributed by atoms with E-state index in [0.29, 0.717) is 37.9 Å². The second kappa shape index (κ2) is 8.14. The summed E-state index contributed by atoms with van der Waals surface area (Å²) in [6.45, 7) is 1.52. The molecule has 2 rings (SSSR count). The minimum atomic E-state index is -3.57. The number of rotatable bonds is 8. The largest absolute Gasteiger partial charge is 0.486 e. The van der Waals surface area contributed by atoms with Crippen LogP contribution in [0, 0.1) is 0 Å². The highest BCUT2D eigenvalue weighted by Crippen LogP contribution is 2.32. The van der Waals surface area contributed by atoms with Crippen LogP contribution < -0.4 is 20.1 Å². The van der Waals surface area contributed by atoms with Gasteiger partial charge in [0.1, 0.15) is 19.1 Å². The third-order valence-electron chi connectivity index (χ3n) is 3.08. The van der Waals surface area contributed by atoms with E-state index in [1.165, 1.54) is 19.2 Å². The molecule has 8 nitrogen and oxygen atoms in total. The molecule has 1 aromatic rings. The first kappa shape index (κ1) is 17.5. The molecule has 0 aromatic heterocycles. The molecule has 1 heterocycles. The van der Waals surface area contributed by atoms with Crippen LogP contribution in [0.3, 0.4) is 0 Å². The number of hydrogen-bond donors (Lipinski definition) is 2. The van der Waals surface area contributed by atoms with Crippen LogP contribution in [0.4, 0.5) is 0 Å². The second-order valence-corrected chi connectivity index (χ2v) is 6.82. The Kier molecular flexibility index (Phi) is 6.20. The number of amides is 1. The predicted molar refractivity (Wildman–Crippen MR) is 82.4 cm³/mol. The number of hydrogen-bond acceptors (Lipinski definition) is 7. The highest BCUT2D eigenvalue weighted by Gasteiger charge is 2.19. The smallest absolute Gasteiger partial charge is 0.234 e. The Labute approximate surface area is 135 Å². The van der Waals surface area contributed by atoms with Crippen LogP contribution in [0.2, 0.25) is 0 Å². The number of fused-ring (bicyclic) bond motifs is 1. The highest BCUT2D eigenvalue weighted by atomic mass is 32.2. The number of methoxy groups -OCH3 is 1. The molecule has 0 fully saturated rings. The van der Waals surface area contributed by atoms with Gasteiger partial charge < -0.3 is 19.5 Å². The molecule has 0 spiro atoms. The maximum atomic E-state index is 12.2. The van der Waals surface area contributed by atoms with Crippen LogP contribution in [0.15, 0.2) is 23.1 Å². The van der Waals surface area contributed by atoms with Crippen molar-refractivity contribution in [2.45, 2.75) is 4.90 Å². The number of benzene rings is 1. The van der Waals surface area contributed by atoms with Gasteiger partial charge in [0.25, 0.3) is 0 Å². The van der Waals surface area contributed by atoms with Crippen molar-refractivity contribution < 1.29 is 27.4 Å². The number of sulfone groups is 1. The first-order valence-corrected chi connectivity index (χ1v) is 8.77. The SMILES string of the molecule is COCCNC(=O)CNCS(=O)(=O)c1ccc2c(c1)OCCO2. The number of ether oxygens (including phenoxy) is 3. The molecule has 1 aliphatic rings. The first-order valence-electron chi connectivity index (χ1n) is 7.12. The quantitative estimate of drug-likeness (QED) is 0.615. The Morgan fingerprint density at radius 2 is 2.00 bits per heavy atom. The summed E-state index contributed by atoms with van der Waals surface area (Å²) in [6.07, 6.45) is 0. The molecule has 1 aliphatic heterocycles. The van der Waals surface area contributed by atoms with Crippen molar-refractivity contribution in [3.05, 3.63) is 18.2 Å². The zero-order valence-electron chi connectivity index (χ0n) is 12.8. The van der Waals surface area contributed by atoms with Crippen molar-refractivity contribution >= 4 is 15.7 Å². The normalized spacial score (nSPS) is 13.6. The van der Waals surface area contributed by atoms with Crippen LogP contribution in [0.1, 0.15) is 0 Å². The maximum Gasteiger partial charge on any atom is 0.234 e. The zero-order valence-corrected chi connectivity index (χ0v) is 13.6. The molecule has 128 valence electrons. The molecule has 0 aliphatic carbocycles. The fourth-order valence-electron chi connectivity index (χ4n) is 1.95. The van der Waals surface area contributed by atoms with Gasteiger partial charge in [-0.15, -0.1) is 0 Å². The van der Waals surface area contributed by atoms with E-state index in [4.69, 9.17) is 14.2 Å². The third kappa shape index (κ3) is 5.08.